The first-order valence-corrected chi connectivity index (χ1v) is 8.18. The van der Waals surface area contributed by atoms with Crippen LogP contribution in [0.15, 0.2) is 36.4 Å². The van der Waals surface area contributed by atoms with Crippen LogP contribution in [0.25, 0.3) is 17.5 Å². The lowest BCUT2D eigenvalue weighted by Crippen LogP contribution is -2.03. The number of hydrogen-bond donors (Lipinski definition) is 2. The quantitative estimate of drug-likeness (QED) is 0.488. The number of aldehydes is 1. The van der Waals surface area contributed by atoms with Gasteiger partial charge in [-0.3, -0.25) is 9.89 Å². The molecule has 3 rings (SSSR count). The Hall–Kier alpha value is -3.68. The zero-order valence-corrected chi connectivity index (χ0v) is 15.0. The molecule has 0 unspecified atom stereocenters. The van der Waals surface area contributed by atoms with Crippen molar-refractivity contribution in [1.82, 2.24) is 20.2 Å². The molecule has 0 amide bonds. The standard InChI is InChI=1S/C19H19N5O3/c1-12-15(4-3-9-25)18(24-23-12)16-10-17(22-19(20)21-16)27-11-13-5-7-14(26-2)8-6-13/h3-10H,11H2,1-2H3,(H,23,24)(H2,20,21,22)/b4-3+. The fraction of sp³-hybridized carbons (Fsp3) is 0.158. The van der Waals surface area contributed by atoms with Gasteiger partial charge in [-0.05, 0) is 36.8 Å². The van der Waals surface area contributed by atoms with Gasteiger partial charge >= 0.3 is 0 Å². The number of nitrogens with one attached hydrogen (secondary N) is 1. The molecular weight excluding hydrogens is 346 g/mol. The summed E-state index contributed by atoms with van der Waals surface area (Å²) in [7, 11) is 1.62. The van der Waals surface area contributed by atoms with Crippen LogP contribution in [0.2, 0.25) is 0 Å². The Morgan fingerprint density at radius 3 is 2.70 bits per heavy atom. The molecule has 3 N–H and O–H groups in total. The van der Waals surface area contributed by atoms with Crippen molar-refractivity contribution in [2.45, 2.75) is 13.5 Å². The van der Waals surface area contributed by atoms with Crippen molar-refractivity contribution >= 4 is 18.3 Å². The van der Waals surface area contributed by atoms with Crippen LogP contribution in [0, 0.1) is 6.92 Å². The molecule has 0 spiro atoms. The van der Waals surface area contributed by atoms with Crippen LogP contribution in [0.4, 0.5) is 5.95 Å². The van der Waals surface area contributed by atoms with E-state index in [4.69, 9.17) is 15.2 Å². The Bertz CT molecular complexity index is 964. The van der Waals surface area contributed by atoms with Crippen molar-refractivity contribution in [2.75, 3.05) is 12.8 Å². The highest BCUT2D eigenvalue weighted by atomic mass is 16.5. The van der Waals surface area contributed by atoms with Crippen molar-refractivity contribution in [3.05, 3.63) is 53.2 Å². The molecule has 0 aliphatic rings. The number of aromatic nitrogens is 4. The largest absolute Gasteiger partial charge is 0.497 e. The molecule has 2 heterocycles. The Morgan fingerprint density at radius 2 is 2.00 bits per heavy atom. The van der Waals surface area contributed by atoms with Crippen LogP contribution in [-0.4, -0.2) is 33.6 Å². The number of H-pyrrole nitrogens is 1. The number of carbonyl (C=O) groups excluding carboxylic acids is 1. The second kappa shape index (κ2) is 8.13. The molecule has 138 valence electrons. The van der Waals surface area contributed by atoms with Crippen molar-refractivity contribution in [3.8, 4) is 23.0 Å². The SMILES string of the molecule is COc1ccc(COc2cc(-c3n[nH]c(C)c3/C=C/C=O)nc(N)n2)cc1. The van der Waals surface area contributed by atoms with Gasteiger partial charge in [-0.25, -0.2) is 4.98 Å². The third kappa shape index (κ3) is 4.30. The molecule has 0 radical (unpaired) electrons. The van der Waals surface area contributed by atoms with Crippen molar-refractivity contribution in [2.24, 2.45) is 0 Å². The summed E-state index contributed by atoms with van der Waals surface area (Å²) in [4.78, 5) is 19.0. The van der Waals surface area contributed by atoms with Crippen LogP contribution in [-0.2, 0) is 11.4 Å². The predicted molar refractivity (Wildman–Crippen MR) is 101 cm³/mol. The summed E-state index contributed by atoms with van der Waals surface area (Å²) >= 11 is 0. The van der Waals surface area contributed by atoms with Gasteiger partial charge in [0.15, 0.2) is 0 Å². The minimum Gasteiger partial charge on any atom is -0.497 e. The Morgan fingerprint density at radius 1 is 1.22 bits per heavy atom. The lowest BCUT2D eigenvalue weighted by atomic mass is 10.1. The molecule has 8 nitrogen and oxygen atoms in total. The molecule has 2 aromatic heterocycles. The molecule has 1 aromatic carbocycles. The van der Waals surface area contributed by atoms with E-state index < -0.39 is 0 Å². The van der Waals surface area contributed by atoms with Gasteiger partial charge in [0.25, 0.3) is 0 Å². The van der Waals surface area contributed by atoms with E-state index in [1.54, 1.807) is 19.3 Å². The second-order valence-electron chi connectivity index (χ2n) is 5.69. The molecular formula is C19H19N5O3. The molecule has 0 aliphatic heterocycles. The number of anilines is 1. The van der Waals surface area contributed by atoms with Crippen LogP contribution in [0.1, 0.15) is 16.8 Å². The van der Waals surface area contributed by atoms with Gasteiger partial charge in [0, 0.05) is 17.3 Å². The van der Waals surface area contributed by atoms with Crippen LogP contribution in [0.5, 0.6) is 11.6 Å². The van der Waals surface area contributed by atoms with E-state index in [-0.39, 0.29) is 5.95 Å². The van der Waals surface area contributed by atoms with E-state index in [1.165, 1.54) is 6.08 Å². The average molecular weight is 365 g/mol. The number of benzene rings is 1. The van der Waals surface area contributed by atoms with Crippen molar-refractivity contribution in [1.29, 1.82) is 0 Å². The second-order valence-corrected chi connectivity index (χ2v) is 5.69. The van der Waals surface area contributed by atoms with E-state index in [2.05, 4.69) is 20.2 Å². The molecule has 3 aromatic rings. The summed E-state index contributed by atoms with van der Waals surface area (Å²) in [6, 6.07) is 9.19. The number of aromatic amines is 1. The highest BCUT2D eigenvalue weighted by molar-refractivity contribution is 5.79. The highest BCUT2D eigenvalue weighted by Crippen LogP contribution is 2.26. The lowest BCUT2D eigenvalue weighted by molar-refractivity contribution is -0.104. The number of nitrogen functional groups attached to an aromatic ring is 1. The molecule has 8 heteroatoms. The zero-order chi connectivity index (χ0) is 19.2. The number of hydrogen-bond acceptors (Lipinski definition) is 7. The maximum absolute atomic E-state index is 10.6. The smallest absolute Gasteiger partial charge is 0.223 e. The van der Waals surface area contributed by atoms with Crippen LogP contribution < -0.4 is 15.2 Å². The third-order valence-electron chi connectivity index (χ3n) is 3.84. The molecule has 0 aliphatic carbocycles. The van der Waals surface area contributed by atoms with E-state index in [1.807, 2.05) is 31.2 Å². The Labute approximate surface area is 156 Å². The number of methoxy groups -OCH3 is 1. The molecule has 0 fully saturated rings. The summed E-state index contributed by atoms with van der Waals surface area (Å²) in [5.41, 5.74) is 9.41. The zero-order valence-electron chi connectivity index (χ0n) is 15.0. The first kappa shape index (κ1) is 18.1. The topological polar surface area (TPSA) is 116 Å². The number of nitrogens with two attached hydrogens (primary N) is 1. The van der Waals surface area contributed by atoms with Crippen LogP contribution in [0.3, 0.4) is 0 Å². The monoisotopic (exact) mass is 365 g/mol. The van der Waals surface area contributed by atoms with Gasteiger partial charge in [-0.1, -0.05) is 12.1 Å². The maximum Gasteiger partial charge on any atom is 0.223 e. The molecule has 27 heavy (non-hydrogen) atoms. The van der Waals surface area contributed by atoms with Crippen molar-refractivity contribution < 1.29 is 14.3 Å². The van der Waals surface area contributed by atoms with E-state index >= 15 is 0 Å². The summed E-state index contributed by atoms with van der Waals surface area (Å²) in [5, 5.41) is 7.13. The predicted octanol–water partition coefficient (Wildman–Crippen LogP) is 2.56. The minimum absolute atomic E-state index is 0.0724. The molecule has 0 saturated heterocycles. The summed E-state index contributed by atoms with van der Waals surface area (Å²) in [5.74, 6) is 1.18. The summed E-state index contributed by atoms with van der Waals surface area (Å²) in [6.07, 6.45) is 3.76. The lowest BCUT2D eigenvalue weighted by Gasteiger charge is -2.08. The Kier molecular flexibility index (Phi) is 5.46. The number of nitrogens with zero attached hydrogens (tertiary/aromatic N) is 3. The summed E-state index contributed by atoms with van der Waals surface area (Å²) < 4.78 is 10.9. The first-order valence-electron chi connectivity index (χ1n) is 8.18. The van der Waals surface area contributed by atoms with E-state index in [9.17, 15) is 4.79 Å². The number of allylic oxidation sites excluding steroid dienone is 1. The van der Waals surface area contributed by atoms with E-state index in [0.29, 0.717) is 30.2 Å². The van der Waals surface area contributed by atoms with Gasteiger partial charge in [0.2, 0.25) is 11.8 Å². The number of carbonyl (C=O) groups is 1. The highest BCUT2D eigenvalue weighted by Gasteiger charge is 2.14. The molecule has 0 bridgehead atoms. The molecule has 0 atom stereocenters. The van der Waals surface area contributed by atoms with Crippen molar-refractivity contribution in [3.63, 3.8) is 0 Å². The fourth-order valence-electron chi connectivity index (χ4n) is 2.49. The minimum atomic E-state index is 0.0724. The number of ether oxygens (including phenoxy) is 2. The van der Waals surface area contributed by atoms with Gasteiger partial charge in [-0.2, -0.15) is 10.1 Å². The normalized spacial score (nSPS) is 10.9. The average Bonchev–Trinajstić information content (AvgIpc) is 3.05. The van der Waals surface area contributed by atoms with Gasteiger partial charge in [-0.15, -0.1) is 0 Å². The fourth-order valence-corrected chi connectivity index (χ4v) is 2.49. The molecule has 0 saturated carbocycles. The van der Waals surface area contributed by atoms with Gasteiger partial charge < -0.3 is 15.2 Å². The third-order valence-corrected chi connectivity index (χ3v) is 3.84. The number of rotatable bonds is 7. The summed E-state index contributed by atoms with van der Waals surface area (Å²) in [6.45, 7) is 2.17. The van der Waals surface area contributed by atoms with Gasteiger partial charge in [0.1, 0.15) is 30.0 Å². The van der Waals surface area contributed by atoms with E-state index in [0.717, 1.165) is 22.6 Å². The van der Waals surface area contributed by atoms with Crippen LogP contribution >= 0.6 is 0 Å². The maximum atomic E-state index is 10.6. The first-order chi connectivity index (χ1) is 13.1. The van der Waals surface area contributed by atoms with Gasteiger partial charge in [0.05, 0.1) is 7.11 Å². The number of aryl methyl sites for hydroxylation is 1. The Balaban J connectivity index is 1.84.